The van der Waals surface area contributed by atoms with E-state index in [1.54, 1.807) is 0 Å². The zero-order valence-electron chi connectivity index (χ0n) is 10.9. The molecular formula is C15H21BrClN. The summed E-state index contributed by atoms with van der Waals surface area (Å²) in [4.78, 5) is 0. The van der Waals surface area contributed by atoms with Gasteiger partial charge in [-0.25, -0.2) is 0 Å². The summed E-state index contributed by atoms with van der Waals surface area (Å²) in [6.45, 7) is 4.37. The molecule has 0 amide bonds. The molecule has 18 heavy (non-hydrogen) atoms. The average molecular weight is 331 g/mol. The Kier molecular flexibility index (Phi) is 5.53. The summed E-state index contributed by atoms with van der Waals surface area (Å²) < 4.78 is 1.04. The fraction of sp³-hybridized carbons (Fsp3) is 0.600. The van der Waals surface area contributed by atoms with E-state index >= 15 is 0 Å². The molecule has 1 aliphatic carbocycles. The average Bonchev–Trinajstić information content (AvgIpc) is 2.32. The predicted octanol–water partition coefficient (Wildman–Crippen LogP) is 5.02. The smallest absolute Gasteiger partial charge is 0.0462 e. The molecular weight excluding hydrogens is 310 g/mol. The maximum absolute atomic E-state index is 6.20. The van der Waals surface area contributed by atoms with Crippen LogP contribution < -0.4 is 5.32 Å². The van der Waals surface area contributed by atoms with Gasteiger partial charge in [-0.2, -0.15) is 0 Å². The summed E-state index contributed by atoms with van der Waals surface area (Å²) in [5, 5.41) is 4.39. The van der Waals surface area contributed by atoms with Gasteiger partial charge in [-0.1, -0.05) is 53.4 Å². The lowest BCUT2D eigenvalue weighted by molar-refractivity contribution is 0.274. The summed E-state index contributed by atoms with van der Waals surface area (Å²) in [5.74, 6) is 1.75. The van der Waals surface area contributed by atoms with E-state index in [1.807, 2.05) is 12.1 Å². The third kappa shape index (κ3) is 4.25. The Bertz CT molecular complexity index is 394. The number of hydrogen-bond donors (Lipinski definition) is 1. The standard InChI is InChI=1S/C15H21BrClN/c1-11-3-2-4-12(7-11)9-18-10-13-5-6-14(16)8-15(13)17/h5-6,8,11-12,18H,2-4,7,9-10H2,1H3. The van der Waals surface area contributed by atoms with Gasteiger partial charge in [0.25, 0.3) is 0 Å². The molecule has 1 saturated carbocycles. The van der Waals surface area contributed by atoms with Crippen molar-refractivity contribution >= 4 is 27.5 Å². The largest absolute Gasteiger partial charge is 0.312 e. The molecule has 0 aliphatic heterocycles. The lowest BCUT2D eigenvalue weighted by atomic mass is 9.82. The molecule has 0 bridgehead atoms. The highest BCUT2D eigenvalue weighted by Crippen LogP contribution is 2.28. The first-order valence-electron chi connectivity index (χ1n) is 6.80. The second kappa shape index (κ2) is 6.93. The van der Waals surface area contributed by atoms with Crippen LogP contribution in [0.5, 0.6) is 0 Å². The normalized spacial score (nSPS) is 24.2. The van der Waals surface area contributed by atoms with Gasteiger partial charge in [0.1, 0.15) is 0 Å². The van der Waals surface area contributed by atoms with Gasteiger partial charge in [-0.15, -0.1) is 0 Å². The number of nitrogens with one attached hydrogen (secondary N) is 1. The van der Waals surface area contributed by atoms with Crippen LogP contribution in [0.4, 0.5) is 0 Å². The molecule has 1 aromatic rings. The summed E-state index contributed by atoms with van der Waals surface area (Å²) in [6, 6.07) is 6.09. The molecule has 1 fully saturated rings. The molecule has 1 nitrogen and oxygen atoms in total. The number of hydrogen-bond acceptors (Lipinski definition) is 1. The number of halogens is 2. The van der Waals surface area contributed by atoms with Gasteiger partial charge < -0.3 is 5.32 Å². The molecule has 1 N–H and O–H groups in total. The van der Waals surface area contributed by atoms with Crippen LogP contribution in [0.1, 0.15) is 38.2 Å². The Labute approximate surface area is 123 Å². The van der Waals surface area contributed by atoms with Crippen LogP contribution in [0.2, 0.25) is 5.02 Å². The van der Waals surface area contributed by atoms with Gasteiger partial charge in [0.05, 0.1) is 0 Å². The minimum absolute atomic E-state index is 0.842. The van der Waals surface area contributed by atoms with Crippen LogP contribution in [0, 0.1) is 11.8 Å². The van der Waals surface area contributed by atoms with E-state index in [0.717, 1.165) is 34.4 Å². The third-order valence-corrected chi connectivity index (χ3v) is 4.65. The minimum Gasteiger partial charge on any atom is -0.312 e. The maximum Gasteiger partial charge on any atom is 0.0462 e. The van der Waals surface area contributed by atoms with Crippen molar-refractivity contribution in [2.24, 2.45) is 11.8 Å². The van der Waals surface area contributed by atoms with E-state index in [0.29, 0.717) is 0 Å². The highest BCUT2D eigenvalue weighted by Gasteiger charge is 2.18. The van der Waals surface area contributed by atoms with E-state index in [2.05, 4.69) is 34.2 Å². The van der Waals surface area contributed by atoms with E-state index < -0.39 is 0 Å². The Hall–Kier alpha value is -0.0500. The van der Waals surface area contributed by atoms with Crippen LogP contribution in [0.3, 0.4) is 0 Å². The van der Waals surface area contributed by atoms with Crippen LogP contribution in [-0.2, 0) is 6.54 Å². The highest BCUT2D eigenvalue weighted by molar-refractivity contribution is 9.10. The maximum atomic E-state index is 6.20. The van der Waals surface area contributed by atoms with E-state index in [9.17, 15) is 0 Å². The number of benzene rings is 1. The Balaban J connectivity index is 1.77. The summed E-state index contributed by atoms with van der Waals surface area (Å²) >= 11 is 9.63. The third-order valence-electron chi connectivity index (χ3n) is 3.81. The molecule has 0 radical (unpaired) electrons. The summed E-state index contributed by atoms with van der Waals surface area (Å²) in [5.41, 5.74) is 1.18. The van der Waals surface area contributed by atoms with Crippen LogP contribution in [-0.4, -0.2) is 6.54 Å². The SMILES string of the molecule is CC1CCCC(CNCc2ccc(Br)cc2Cl)C1. The molecule has 2 rings (SSSR count). The lowest BCUT2D eigenvalue weighted by Crippen LogP contribution is -2.26. The van der Waals surface area contributed by atoms with Crippen molar-refractivity contribution in [2.45, 2.75) is 39.2 Å². The first kappa shape index (κ1) is 14.4. The summed E-state index contributed by atoms with van der Waals surface area (Å²) in [7, 11) is 0. The monoisotopic (exact) mass is 329 g/mol. The molecule has 2 atom stereocenters. The molecule has 0 spiro atoms. The van der Waals surface area contributed by atoms with Gasteiger partial charge >= 0.3 is 0 Å². The molecule has 2 unspecified atom stereocenters. The number of rotatable bonds is 4. The van der Waals surface area contributed by atoms with Gasteiger partial charge in [-0.05, 0) is 48.9 Å². The minimum atomic E-state index is 0.842. The van der Waals surface area contributed by atoms with Crippen molar-refractivity contribution in [3.05, 3.63) is 33.3 Å². The molecule has 1 aromatic carbocycles. The van der Waals surface area contributed by atoms with Crippen LogP contribution >= 0.6 is 27.5 Å². The Morgan fingerprint density at radius 2 is 2.22 bits per heavy atom. The Morgan fingerprint density at radius 1 is 1.39 bits per heavy atom. The molecule has 100 valence electrons. The van der Waals surface area contributed by atoms with Crippen molar-refractivity contribution in [3.8, 4) is 0 Å². The van der Waals surface area contributed by atoms with Crippen molar-refractivity contribution in [1.29, 1.82) is 0 Å². The first-order chi connectivity index (χ1) is 8.65. The second-order valence-electron chi connectivity index (χ2n) is 5.50. The van der Waals surface area contributed by atoms with E-state index in [-0.39, 0.29) is 0 Å². The Morgan fingerprint density at radius 3 is 2.94 bits per heavy atom. The van der Waals surface area contributed by atoms with Gasteiger partial charge in [0.15, 0.2) is 0 Å². The topological polar surface area (TPSA) is 12.0 Å². The first-order valence-corrected chi connectivity index (χ1v) is 7.97. The molecule has 0 aromatic heterocycles. The van der Waals surface area contributed by atoms with Crippen molar-refractivity contribution < 1.29 is 0 Å². The fourth-order valence-electron chi connectivity index (χ4n) is 2.82. The molecule has 0 heterocycles. The lowest BCUT2D eigenvalue weighted by Gasteiger charge is -2.26. The zero-order chi connectivity index (χ0) is 13.0. The highest BCUT2D eigenvalue weighted by atomic mass is 79.9. The summed E-state index contributed by atoms with van der Waals surface area (Å²) in [6.07, 6.45) is 5.56. The van der Waals surface area contributed by atoms with Crippen LogP contribution in [0.15, 0.2) is 22.7 Å². The van der Waals surface area contributed by atoms with Crippen molar-refractivity contribution in [3.63, 3.8) is 0 Å². The van der Waals surface area contributed by atoms with Gasteiger partial charge in [-0.3, -0.25) is 0 Å². The quantitative estimate of drug-likeness (QED) is 0.817. The zero-order valence-corrected chi connectivity index (χ0v) is 13.2. The van der Waals surface area contributed by atoms with Gasteiger partial charge in [0, 0.05) is 16.0 Å². The molecule has 0 saturated heterocycles. The van der Waals surface area contributed by atoms with Crippen LogP contribution in [0.25, 0.3) is 0 Å². The van der Waals surface area contributed by atoms with Crippen molar-refractivity contribution in [1.82, 2.24) is 5.32 Å². The van der Waals surface area contributed by atoms with E-state index in [4.69, 9.17) is 11.6 Å². The fourth-order valence-corrected chi connectivity index (χ4v) is 3.56. The van der Waals surface area contributed by atoms with Gasteiger partial charge in [0.2, 0.25) is 0 Å². The molecule has 1 aliphatic rings. The predicted molar refractivity (Wildman–Crippen MR) is 82.0 cm³/mol. The van der Waals surface area contributed by atoms with Crippen molar-refractivity contribution in [2.75, 3.05) is 6.54 Å². The van der Waals surface area contributed by atoms with E-state index in [1.165, 1.54) is 31.2 Å². The second-order valence-corrected chi connectivity index (χ2v) is 6.83. The molecule has 3 heteroatoms.